The molecule has 0 unspecified atom stereocenters. The average Bonchev–Trinajstić information content (AvgIpc) is 3.40. The third-order valence-corrected chi connectivity index (χ3v) is 6.06. The molecule has 3 heterocycles. The van der Waals surface area contributed by atoms with E-state index in [2.05, 4.69) is 15.4 Å². The molecule has 0 aliphatic heterocycles. The molecule has 6 nitrogen and oxygen atoms in total. The number of thiazole rings is 1. The van der Waals surface area contributed by atoms with Crippen molar-refractivity contribution in [2.24, 2.45) is 7.05 Å². The van der Waals surface area contributed by atoms with Crippen molar-refractivity contribution in [3.05, 3.63) is 68.4 Å². The molecule has 0 aliphatic rings. The Morgan fingerprint density at radius 1 is 1.28 bits per heavy atom. The maximum Gasteiger partial charge on any atom is 0.267 e. The number of amides is 1. The molecule has 0 aliphatic carbocycles. The predicted molar refractivity (Wildman–Crippen MR) is 117 cm³/mol. The van der Waals surface area contributed by atoms with Gasteiger partial charge in [0.25, 0.3) is 5.91 Å². The molecular weight excluding hydrogens is 428 g/mol. The van der Waals surface area contributed by atoms with Crippen LogP contribution < -0.4 is 10.1 Å². The van der Waals surface area contributed by atoms with Crippen LogP contribution in [0.1, 0.15) is 20.9 Å². The van der Waals surface area contributed by atoms with Crippen molar-refractivity contribution in [3.63, 3.8) is 0 Å². The zero-order valence-electron chi connectivity index (χ0n) is 15.7. The zero-order valence-corrected chi connectivity index (χ0v) is 18.1. The van der Waals surface area contributed by atoms with Gasteiger partial charge in [-0.15, -0.1) is 22.7 Å². The van der Waals surface area contributed by atoms with Gasteiger partial charge in [0.15, 0.2) is 5.13 Å². The maximum absolute atomic E-state index is 12.6. The fourth-order valence-corrected chi connectivity index (χ4v) is 4.44. The molecule has 0 radical (unpaired) electrons. The highest BCUT2D eigenvalue weighted by Gasteiger charge is 2.14. The Kier molecular flexibility index (Phi) is 5.66. The molecule has 1 aromatic carbocycles. The van der Waals surface area contributed by atoms with E-state index in [1.807, 2.05) is 49.1 Å². The highest BCUT2D eigenvalue weighted by atomic mass is 35.5. The quantitative estimate of drug-likeness (QED) is 0.432. The van der Waals surface area contributed by atoms with Gasteiger partial charge in [-0.2, -0.15) is 5.10 Å². The molecule has 1 N–H and O–H groups in total. The van der Waals surface area contributed by atoms with Crippen molar-refractivity contribution < 1.29 is 9.53 Å². The number of halogens is 1. The minimum atomic E-state index is -0.187. The molecule has 0 saturated carbocycles. The predicted octanol–water partition coefficient (Wildman–Crippen LogP) is 5.40. The first kappa shape index (κ1) is 19.6. The van der Waals surface area contributed by atoms with E-state index in [-0.39, 0.29) is 5.91 Å². The second kappa shape index (κ2) is 8.36. The standard InChI is InChI=1S/C20H17ClN4O2S2/c1-12-16(8-25(2)24-12)17-11-29-20(22-17)23-19(26)18-6-13(10-28-18)9-27-15-5-3-4-14(21)7-15/h3-8,10-11H,9H2,1-2H3,(H,22,23,26). The summed E-state index contributed by atoms with van der Waals surface area (Å²) in [5.74, 6) is 0.503. The third-order valence-electron chi connectivity index (χ3n) is 4.09. The molecule has 4 aromatic rings. The number of carbonyl (C=O) groups excluding carboxylic acids is 1. The Bertz CT molecular complexity index is 1160. The maximum atomic E-state index is 12.6. The lowest BCUT2D eigenvalue weighted by molar-refractivity contribution is 0.103. The Morgan fingerprint density at radius 2 is 2.14 bits per heavy atom. The van der Waals surface area contributed by atoms with E-state index in [1.165, 1.54) is 22.7 Å². The number of aromatic nitrogens is 3. The molecule has 0 atom stereocenters. The molecule has 0 bridgehead atoms. The Hall–Kier alpha value is -2.68. The van der Waals surface area contributed by atoms with Crippen molar-refractivity contribution in [1.82, 2.24) is 14.8 Å². The molecule has 0 fully saturated rings. The summed E-state index contributed by atoms with van der Waals surface area (Å²) in [6.45, 7) is 2.30. The van der Waals surface area contributed by atoms with E-state index in [0.29, 0.717) is 27.4 Å². The van der Waals surface area contributed by atoms with Crippen LogP contribution in [0.4, 0.5) is 5.13 Å². The number of nitrogens with one attached hydrogen (secondary N) is 1. The van der Waals surface area contributed by atoms with Crippen LogP contribution >= 0.6 is 34.3 Å². The summed E-state index contributed by atoms with van der Waals surface area (Å²) in [4.78, 5) is 17.7. The fraction of sp³-hybridized carbons (Fsp3) is 0.150. The monoisotopic (exact) mass is 444 g/mol. The lowest BCUT2D eigenvalue weighted by Gasteiger charge is -2.04. The van der Waals surface area contributed by atoms with E-state index < -0.39 is 0 Å². The van der Waals surface area contributed by atoms with Crippen molar-refractivity contribution in [2.45, 2.75) is 13.5 Å². The van der Waals surface area contributed by atoms with Gasteiger partial charge in [0.2, 0.25) is 0 Å². The molecule has 9 heteroatoms. The topological polar surface area (TPSA) is 69.0 Å². The number of carbonyl (C=O) groups is 1. The van der Waals surface area contributed by atoms with E-state index in [9.17, 15) is 4.79 Å². The fourth-order valence-electron chi connectivity index (χ4n) is 2.76. The molecule has 148 valence electrons. The Morgan fingerprint density at radius 3 is 2.90 bits per heavy atom. The third kappa shape index (κ3) is 4.67. The van der Waals surface area contributed by atoms with Crippen LogP contribution in [0.15, 0.2) is 47.3 Å². The first-order valence-electron chi connectivity index (χ1n) is 8.71. The van der Waals surface area contributed by atoms with Gasteiger partial charge in [0, 0.05) is 34.8 Å². The van der Waals surface area contributed by atoms with Gasteiger partial charge in [0.05, 0.1) is 16.3 Å². The normalized spacial score (nSPS) is 10.9. The van der Waals surface area contributed by atoms with Gasteiger partial charge < -0.3 is 4.74 Å². The number of thiophene rings is 1. The van der Waals surface area contributed by atoms with Gasteiger partial charge in [0.1, 0.15) is 12.4 Å². The Balaban J connectivity index is 1.39. The summed E-state index contributed by atoms with van der Waals surface area (Å²) in [5, 5.41) is 12.2. The molecule has 0 spiro atoms. The van der Waals surface area contributed by atoms with Gasteiger partial charge in [-0.25, -0.2) is 4.98 Å². The van der Waals surface area contributed by atoms with Crippen LogP contribution in [0.3, 0.4) is 0 Å². The molecule has 0 saturated heterocycles. The van der Waals surface area contributed by atoms with Crippen molar-refractivity contribution in [2.75, 3.05) is 5.32 Å². The van der Waals surface area contributed by atoms with E-state index in [1.54, 1.807) is 16.8 Å². The molecular formula is C20H17ClN4O2S2. The number of hydrogen-bond acceptors (Lipinski definition) is 6. The van der Waals surface area contributed by atoms with E-state index >= 15 is 0 Å². The highest BCUT2D eigenvalue weighted by Crippen LogP contribution is 2.27. The van der Waals surface area contributed by atoms with Gasteiger partial charge in [-0.3, -0.25) is 14.8 Å². The summed E-state index contributed by atoms with van der Waals surface area (Å²) in [6.07, 6.45) is 1.92. The van der Waals surface area contributed by atoms with Gasteiger partial charge >= 0.3 is 0 Å². The molecule has 29 heavy (non-hydrogen) atoms. The first-order valence-corrected chi connectivity index (χ1v) is 10.8. The van der Waals surface area contributed by atoms with Gasteiger partial charge in [-0.1, -0.05) is 17.7 Å². The summed E-state index contributed by atoms with van der Waals surface area (Å²) in [5.41, 5.74) is 3.59. The van der Waals surface area contributed by atoms with Crippen LogP contribution in [0, 0.1) is 6.92 Å². The second-order valence-corrected chi connectivity index (χ2v) is 8.56. The number of anilines is 1. The zero-order chi connectivity index (χ0) is 20.4. The SMILES string of the molecule is Cc1nn(C)cc1-c1csc(NC(=O)c2cc(COc3cccc(Cl)c3)cs2)n1. The number of hydrogen-bond donors (Lipinski definition) is 1. The van der Waals surface area contributed by atoms with Crippen LogP contribution in [-0.4, -0.2) is 20.7 Å². The van der Waals surface area contributed by atoms with Crippen LogP contribution in [0.5, 0.6) is 5.75 Å². The number of nitrogens with zero attached hydrogens (tertiary/aromatic N) is 3. The van der Waals surface area contributed by atoms with Crippen molar-refractivity contribution in [3.8, 4) is 17.0 Å². The van der Waals surface area contributed by atoms with E-state index in [0.717, 1.165) is 22.5 Å². The summed E-state index contributed by atoms with van der Waals surface area (Å²) < 4.78 is 7.47. The molecule has 1 amide bonds. The number of aryl methyl sites for hydroxylation is 2. The molecule has 3 aromatic heterocycles. The second-order valence-electron chi connectivity index (χ2n) is 6.36. The van der Waals surface area contributed by atoms with Crippen LogP contribution in [-0.2, 0) is 13.7 Å². The Labute approximate surface area is 180 Å². The minimum Gasteiger partial charge on any atom is -0.489 e. The molecule has 4 rings (SSSR count). The van der Waals surface area contributed by atoms with Crippen molar-refractivity contribution in [1.29, 1.82) is 0 Å². The van der Waals surface area contributed by atoms with E-state index in [4.69, 9.17) is 16.3 Å². The summed E-state index contributed by atoms with van der Waals surface area (Å²) >= 11 is 8.72. The summed E-state index contributed by atoms with van der Waals surface area (Å²) in [6, 6.07) is 9.05. The highest BCUT2D eigenvalue weighted by molar-refractivity contribution is 7.14. The van der Waals surface area contributed by atoms with Crippen LogP contribution in [0.2, 0.25) is 5.02 Å². The number of rotatable bonds is 6. The lowest BCUT2D eigenvalue weighted by atomic mass is 10.2. The largest absolute Gasteiger partial charge is 0.489 e. The number of ether oxygens (including phenoxy) is 1. The lowest BCUT2D eigenvalue weighted by Crippen LogP contribution is -2.09. The smallest absolute Gasteiger partial charge is 0.267 e. The van der Waals surface area contributed by atoms with Crippen LogP contribution in [0.25, 0.3) is 11.3 Å². The summed E-state index contributed by atoms with van der Waals surface area (Å²) in [7, 11) is 1.87. The average molecular weight is 445 g/mol. The van der Waals surface area contributed by atoms with Crippen molar-refractivity contribution >= 4 is 45.3 Å². The first-order chi connectivity index (χ1) is 14.0. The van der Waals surface area contributed by atoms with Gasteiger partial charge in [-0.05, 0) is 36.6 Å². The minimum absolute atomic E-state index is 0.187. The number of benzene rings is 1.